The maximum Gasteiger partial charge on any atom is 0.0590 e. The quantitative estimate of drug-likeness (QED) is 0.682. The summed E-state index contributed by atoms with van der Waals surface area (Å²) >= 11 is 0. The van der Waals surface area contributed by atoms with Gasteiger partial charge in [-0.1, -0.05) is 6.92 Å². The summed E-state index contributed by atoms with van der Waals surface area (Å²) in [4.78, 5) is 6.26. The van der Waals surface area contributed by atoms with Crippen LogP contribution in [0.3, 0.4) is 0 Å². The Balaban J connectivity index is 2.42. The van der Waals surface area contributed by atoms with Crippen LogP contribution in [0.1, 0.15) is 19.8 Å². The molecule has 0 aromatic heterocycles. The van der Waals surface area contributed by atoms with E-state index in [0.717, 1.165) is 18.7 Å². The Morgan fingerprint density at radius 3 is 3.08 bits per heavy atom. The van der Waals surface area contributed by atoms with E-state index in [1.165, 1.54) is 0 Å². The number of hydrogen-bond donors (Lipinski definition) is 1. The van der Waals surface area contributed by atoms with Crippen LogP contribution < -0.4 is 0 Å². The molecule has 0 radical (unpaired) electrons. The average Bonchev–Trinajstić information content (AvgIpc) is 2.04. The standard InChI is InChI=1S/C9H16N2O/c1-3-9(12)6-8-7-11(2)5-4-10-8/h4-5,9,12H,3,6-7H2,1-2H3. The minimum absolute atomic E-state index is 0.233. The maximum absolute atomic E-state index is 9.37. The molecule has 0 aromatic rings. The van der Waals surface area contributed by atoms with Crippen LogP contribution in [0.4, 0.5) is 0 Å². The lowest BCUT2D eigenvalue weighted by molar-refractivity contribution is 0.177. The fourth-order valence-electron chi connectivity index (χ4n) is 1.17. The number of aliphatic imine (C=N–C) groups is 1. The molecule has 1 heterocycles. The molecular weight excluding hydrogens is 152 g/mol. The molecule has 0 spiro atoms. The van der Waals surface area contributed by atoms with E-state index in [2.05, 4.69) is 9.89 Å². The lowest BCUT2D eigenvalue weighted by atomic mass is 10.1. The molecule has 0 aliphatic carbocycles. The van der Waals surface area contributed by atoms with Crippen molar-refractivity contribution in [1.82, 2.24) is 4.90 Å². The van der Waals surface area contributed by atoms with Crippen LogP contribution in [0.5, 0.6) is 0 Å². The molecule has 0 saturated heterocycles. The van der Waals surface area contributed by atoms with Crippen molar-refractivity contribution in [2.24, 2.45) is 4.99 Å². The number of rotatable bonds is 3. The summed E-state index contributed by atoms with van der Waals surface area (Å²) in [6.45, 7) is 2.82. The zero-order valence-corrected chi connectivity index (χ0v) is 7.70. The van der Waals surface area contributed by atoms with Gasteiger partial charge >= 0.3 is 0 Å². The van der Waals surface area contributed by atoms with Crippen LogP contribution in [-0.4, -0.2) is 35.4 Å². The van der Waals surface area contributed by atoms with E-state index in [1.54, 1.807) is 6.20 Å². The number of hydrogen-bond acceptors (Lipinski definition) is 3. The Labute approximate surface area is 73.4 Å². The molecule has 0 saturated carbocycles. The van der Waals surface area contributed by atoms with Gasteiger partial charge in [0, 0.05) is 31.6 Å². The Morgan fingerprint density at radius 2 is 2.50 bits per heavy atom. The summed E-state index contributed by atoms with van der Waals surface area (Å²) in [5.41, 5.74) is 1.06. The molecule has 1 unspecified atom stereocenters. The monoisotopic (exact) mass is 168 g/mol. The first-order valence-electron chi connectivity index (χ1n) is 4.33. The summed E-state index contributed by atoms with van der Waals surface area (Å²) in [6, 6.07) is 0. The summed E-state index contributed by atoms with van der Waals surface area (Å²) in [6.07, 6.45) is 4.98. The minimum Gasteiger partial charge on any atom is -0.393 e. The maximum atomic E-state index is 9.37. The summed E-state index contributed by atoms with van der Waals surface area (Å²) in [7, 11) is 2.00. The molecule has 0 bridgehead atoms. The Hall–Kier alpha value is -0.830. The average molecular weight is 168 g/mol. The van der Waals surface area contributed by atoms with Gasteiger partial charge in [-0.2, -0.15) is 0 Å². The zero-order valence-electron chi connectivity index (χ0n) is 7.70. The van der Waals surface area contributed by atoms with Crippen LogP contribution in [0, 0.1) is 0 Å². The third-order valence-corrected chi connectivity index (χ3v) is 1.95. The van der Waals surface area contributed by atoms with E-state index < -0.39 is 0 Å². The SMILES string of the molecule is CCC(O)CC1=NC=CN(C)C1. The van der Waals surface area contributed by atoms with Crippen molar-refractivity contribution < 1.29 is 5.11 Å². The Morgan fingerprint density at radius 1 is 1.75 bits per heavy atom. The predicted octanol–water partition coefficient (Wildman–Crippen LogP) is 1.01. The van der Waals surface area contributed by atoms with Gasteiger partial charge in [-0.05, 0) is 6.42 Å². The highest BCUT2D eigenvalue weighted by Gasteiger charge is 2.09. The molecular formula is C9H16N2O. The highest BCUT2D eigenvalue weighted by atomic mass is 16.3. The van der Waals surface area contributed by atoms with Gasteiger partial charge in [0.1, 0.15) is 0 Å². The largest absolute Gasteiger partial charge is 0.393 e. The molecule has 1 aliphatic heterocycles. The van der Waals surface area contributed by atoms with Crippen molar-refractivity contribution in [2.75, 3.05) is 13.6 Å². The molecule has 1 rings (SSSR count). The third-order valence-electron chi connectivity index (χ3n) is 1.95. The van der Waals surface area contributed by atoms with E-state index >= 15 is 0 Å². The fourth-order valence-corrected chi connectivity index (χ4v) is 1.17. The second kappa shape index (κ2) is 4.26. The molecule has 3 nitrogen and oxygen atoms in total. The molecule has 1 aliphatic rings. The van der Waals surface area contributed by atoms with Crippen molar-refractivity contribution in [3.05, 3.63) is 12.4 Å². The van der Waals surface area contributed by atoms with E-state index in [1.807, 2.05) is 20.2 Å². The molecule has 3 heteroatoms. The molecule has 0 aromatic carbocycles. The van der Waals surface area contributed by atoms with Gasteiger partial charge in [-0.3, -0.25) is 4.99 Å². The molecule has 0 amide bonds. The van der Waals surface area contributed by atoms with Gasteiger partial charge in [0.25, 0.3) is 0 Å². The van der Waals surface area contributed by atoms with E-state index in [4.69, 9.17) is 0 Å². The highest BCUT2D eigenvalue weighted by molar-refractivity contribution is 5.87. The van der Waals surface area contributed by atoms with Gasteiger partial charge < -0.3 is 10.0 Å². The molecule has 12 heavy (non-hydrogen) atoms. The van der Waals surface area contributed by atoms with Gasteiger partial charge in [0.05, 0.1) is 12.6 Å². The van der Waals surface area contributed by atoms with E-state index in [9.17, 15) is 5.11 Å². The number of nitrogens with zero attached hydrogens (tertiary/aromatic N) is 2. The smallest absolute Gasteiger partial charge is 0.0590 e. The zero-order chi connectivity index (χ0) is 8.97. The van der Waals surface area contributed by atoms with Crippen molar-refractivity contribution in [3.63, 3.8) is 0 Å². The highest BCUT2D eigenvalue weighted by Crippen LogP contribution is 2.04. The van der Waals surface area contributed by atoms with Crippen LogP contribution in [-0.2, 0) is 0 Å². The Bertz CT molecular complexity index is 199. The van der Waals surface area contributed by atoms with Gasteiger partial charge in [-0.25, -0.2) is 0 Å². The molecule has 1 N–H and O–H groups in total. The van der Waals surface area contributed by atoms with Gasteiger partial charge in [-0.15, -0.1) is 0 Å². The molecule has 0 fully saturated rings. The lowest BCUT2D eigenvalue weighted by Gasteiger charge is -2.19. The second-order valence-electron chi connectivity index (χ2n) is 3.17. The lowest BCUT2D eigenvalue weighted by Crippen LogP contribution is -2.26. The van der Waals surface area contributed by atoms with Crippen molar-refractivity contribution in [1.29, 1.82) is 0 Å². The van der Waals surface area contributed by atoms with Crippen molar-refractivity contribution in [2.45, 2.75) is 25.9 Å². The summed E-state index contributed by atoms with van der Waals surface area (Å²) < 4.78 is 0. The van der Waals surface area contributed by atoms with E-state index in [0.29, 0.717) is 6.42 Å². The number of aliphatic hydroxyl groups is 1. The van der Waals surface area contributed by atoms with Crippen molar-refractivity contribution >= 4 is 5.71 Å². The first-order valence-corrected chi connectivity index (χ1v) is 4.33. The number of aliphatic hydroxyl groups excluding tert-OH is 1. The van der Waals surface area contributed by atoms with Crippen molar-refractivity contribution in [3.8, 4) is 0 Å². The third kappa shape index (κ3) is 2.66. The van der Waals surface area contributed by atoms with E-state index in [-0.39, 0.29) is 6.10 Å². The first kappa shape index (κ1) is 9.26. The summed E-state index contributed by atoms with van der Waals surface area (Å²) in [5, 5.41) is 9.37. The predicted molar refractivity (Wildman–Crippen MR) is 50.1 cm³/mol. The van der Waals surface area contributed by atoms with Crippen LogP contribution in [0.25, 0.3) is 0 Å². The van der Waals surface area contributed by atoms with Crippen LogP contribution in [0.15, 0.2) is 17.4 Å². The minimum atomic E-state index is -0.233. The second-order valence-corrected chi connectivity index (χ2v) is 3.17. The molecule has 68 valence electrons. The fraction of sp³-hybridized carbons (Fsp3) is 0.667. The first-order chi connectivity index (χ1) is 5.72. The van der Waals surface area contributed by atoms with Crippen LogP contribution >= 0.6 is 0 Å². The van der Waals surface area contributed by atoms with Gasteiger partial charge in [0.2, 0.25) is 0 Å². The topological polar surface area (TPSA) is 35.8 Å². The van der Waals surface area contributed by atoms with Gasteiger partial charge in [0.15, 0.2) is 0 Å². The Kier molecular flexibility index (Phi) is 3.29. The normalized spacial score (nSPS) is 19.2. The molecule has 1 atom stereocenters. The van der Waals surface area contributed by atoms with Crippen LogP contribution in [0.2, 0.25) is 0 Å². The summed E-state index contributed by atoms with van der Waals surface area (Å²) in [5.74, 6) is 0.